The van der Waals surface area contributed by atoms with Gasteiger partial charge in [0.2, 0.25) is 5.91 Å². The molecule has 3 rings (SSSR count). The van der Waals surface area contributed by atoms with Crippen molar-refractivity contribution in [1.82, 2.24) is 25.0 Å². The zero-order valence-electron chi connectivity index (χ0n) is 14.1. The number of rotatable bonds is 4. The quantitative estimate of drug-likeness (QED) is 0.885. The van der Waals surface area contributed by atoms with Gasteiger partial charge >= 0.3 is 0 Å². The number of hydrogen-bond donors (Lipinski definition) is 1. The zero-order chi connectivity index (χ0) is 17.6. The molecule has 1 aliphatic heterocycles. The van der Waals surface area contributed by atoms with E-state index in [1.165, 1.54) is 0 Å². The molecule has 0 atom stereocenters. The van der Waals surface area contributed by atoms with Gasteiger partial charge in [-0.3, -0.25) is 14.6 Å². The lowest BCUT2D eigenvalue weighted by Crippen LogP contribution is -2.50. The summed E-state index contributed by atoms with van der Waals surface area (Å²) >= 11 is 0. The van der Waals surface area contributed by atoms with Crippen molar-refractivity contribution in [3.63, 3.8) is 0 Å². The lowest BCUT2D eigenvalue weighted by molar-refractivity contribution is -0.130. The molecule has 1 saturated heterocycles. The standard InChI is InChI=1S/C17H20N6O2/c1-13(24)22-8-10-23(11-9-22)17(25)15-5-6-16(21-20-15)19-12-14-4-2-3-7-18-14/h2-7H,8-12H2,1H3,(H,19,21). The first-order chi connectivity index (χ1) is 12.1. The highest BCUT2D eigenvalue weighted by Crippen LogP contribution is 2.09. The van der Waals surface area contributed by atoms with Gasteiger partial charge in [-0.25, -0.2) is 0 Å². The second-order valence-corrected chi connectivity index (χ2v) is 5.78. The lowest BCUT2D eigenvalue weighted by Gasteiger charge is -2.33. The predicted molar refractivity (Wildman–Crippen MR) is 91.8 cm³/mol. The van der Waals surface area contributed by atoms with E-state index >= 15 is 0 Å². The Morgan fingerprint density at radius 1 is 1.04 bits per heavy atom. The Morgan fingerprint density at radius 3 is 2.40 bits per heavy atom. The molecule has 3 heterocycles. The molecule has 2 aromatic rings. The molecule has 0 bridgehead atoms. The summed E-state index contributed by atoms with van der Waals surface area (Å²) < 4.78 is 0. The van der Waals surface area contributed by atoms with Crippen LogP contribution in [0.2, 0.25) is 0 Å². The molecule has 130 valence electrons. The second kappa shape index (κ2) is 7.69. The van der Waals surface area contributed by atoms with Crippen LogP contribution in [0, 0.1) is 0 Å². The number of aromatic nitrogens is 3. The first-order valence-electron chi connectivity index (χ1n) is 8.16. The van der Waals surface area contributed by atoms with Crippen molar-refractivity contribution in [2.45, 2.75) is 13.5 Å². The molecular formula is C17H20N6O2. The van der Waals surface area contributed by atoms with Crippen molar-refractivity contribution < 1.29 is 9.59 Å². The fourth-order valence-electron chi connectivity index (χ4n) is 2.61. The van der Waals surface area contributed by atoms with Crippen LogP contribution < -0.4 is 5.32 Å². The highest BCUT2D eigenvalue weighted by atomic mass is 16.2. The molecule has 0 radical (unpaired) electrons. The highest BCUT2D eigenvalue weighted by Gasteiger charge is 2.24. The van der Waals surface area contributed by atoms with E-state index in [-0.39, 0.29) is 11.8 Å². The van der Waals surface area contributed by atoms with Crippen LogP contribution in [0.1, 0.15) is 23.1 Å². The molecule has 0 spiro atoms. The van der Waals surface area contributed by atoms with Crippen LogP contribution in [-0.2, 0) is 11.3 Å². The van der Waals surface area contributed by atoms with Crippen molar-refractivity contribution in [3.05, 3.63) is 47.9 Å². The van der Waals surface area contributed by atoms with E-state index < -0.39 is 0 Å². The first kappa shape index (κ1) is 16.8. The Labute approximate surface area is 145 Å². The summed E-state index contributed by atoms with van der Waals surface area (Å²) in [6.07, 6.45) is 1.73. The van der Waals surface area contributed by atoms with Crippen LogP contribution in [0.25, 0.3) is 0 Å². The molecule has 8 nitrogen and oxygen atoms in total. The van der Waals surface area contributed by atoms with Crippen molar-refractivity contribution in [1.29, 1.82) is 0 Å². The van der Waals surface area contributed by atoms with Gasteiger partial charge in [-0.15, -0.1) is 10.2 Å². The number of piperazine rings is 1. The van der Waals surface area contributed by atoms with Gasteiger partial charge < -0.3 is 15.1 Å². The van der Waals surface area contributed by atoms with Crippen LogP contribution in [0.15, 0.2) is 36.5 Å². The number of anilines is 1. The van der Waals surface area contributed by atoms with Crippen molar-refractivity contribution >= 4 is 17.6 Å². The largest absolute Gasteiger partial charge is 0.363 e. The molecule has 2 amide bonds. The Morgan fingerprint density at radius 2 is 1.80 bits per heavy atom. The molecule has 1 N–H and O–H groups in total. The molecule has 0 aromatic carbocycles. The molecule has 2 aromatic heterocycles. The molecule has 0 unspecified atom stereocenters. The molecular weight excluding hydrogens is 320 g/mol. The summed E-state index contributed by atoms with van der Waals surface area (Å²) in [6.45, 7) is 4.21. The maximum atomic E-state index is 12.5. The number of hydrogen-bond acceptors (Lipinski definition) is 6. The third kappa shape index (κ3) is 4.28. The minimum atomic E-state index is -0.160. The lowest BCUT2D eigenvalue weighted by atomic mass is 10.2. The fourth-order valence-corrected chi connectivity index (χ4v) is 2.61. The third-order valence-corrected chi connectivity index (χ3v) is 4.07. The molecule has 1 aliphatic rings. The normalized spacial score (nSPS) is 14.3. The third-order valence-electron chi connectivity index (χ3n) is 4.07. The summed E-state index contributed by atoms with van der Waals surface area (Å²) in [6, 6.07) is 9.09. The van der Waals surface area contributed by atoms with Crippen LogP contribution >= 0.6 is 0 Å². The predicted octanol–water partition coefficient (Wildman–Crippen LogP) is 0.788. The van der Waals surface area contributed by atoms with E-state index in [2.05, 4.69) is 20.5 Å². The Hall–Kier alpha value is -3.03. The van der Waals surface area contributed by atoms with Gasteiger partial charge in [0.1, 0.15) is 5.82 Å². The van der Waals surface area contributed by atoms with Gasteiger partial charge in [-0.1, -0.05) is 6.07 Å². The monoisotopic (exact) mass is 340 g/mol. The fraction of sp³-hybridized carbons (Fsp3) is 0.353. The molecule has 8 heteroatoms. The molecule has 1 fully saturated rings. The Kier molecular flexibility index (Phi) is 5.17. The summed E-state index contributed by atoms with van der Waals surface area (Å²) in [5.74, 6) is 0.464. The highest BCUT2D eigenvalue weighted by molar-refractivity contribution is 5.92. The van der Waals surface area contributed by atoms with E-state index in [1.807, 2.05) is 18.2 Å². The first-order valence-corrected chi connectivity index (χ1v) is 8.16. The Bertz CT molecular complexity index is 727. The minimum absolute atomic E-state index is 0.0372. The van der Waals surface area contributed by atoms with E-state index in [1.54, 1.807) is 35.1 Å². The van der Waals surface area contributed by atoms with Crippen LogP contribution in [0.5, 0.6) is 0 Å². The number of carbonyl (C=O) groups is 2. The zero-order valence-corrected chi connectivity index (χ0v) is 14.1. The van der Waals surface area contributed by atoms with Gasteiger partial charge in [0.15, 0.2) is 5.69 Å². The minimum Gasteiger partial charge on any atom is -0.363 e. The SMILES string of the molecule is CC(=O)N1CCN(C(=O)c2ccc(NCc3ccccn3)nn2)CC1. The van der Waals surface area contributed by atoms with Gasteiger partial charge in [-0.2, -0.15) is 0 Å². The second-order valence-electron chi connectivity index (χ2n) is 5.78. The van der Waals surface area contributed by atoms with Crippen molar-refractivity contribution in [3.8, 4) is 0 Å². The summed E-state index contributed by atoms with van der Waals surface area (Å²) in [5.41, 5.74) is 1.20. The maximum absolute atomic E-state index is 12.5. The molecule has 0 saturated carbocycles. The van der Waals surface area contributed by atoms with E-state index in [9.17, 15) is 9.59 Å². The van der Waals surface area contributed by atoms with E-state index in [0.717, 1.165) is 5.69 Å². The number of nitrogens with zero attached hydrogens (tertiary/aromatic N) is 5. The average Bonchev–Trinajstić information content (AvgIpc) is 2.67. The van der Waals surface area contributed by atoms with Gasteiger partial charge in [0.05, 0.1) is 12.2 Å². The van der Waals surface area contributed by atoms with Crippen molar-refractivity contribution in [2.75, 3.05) is 31.5 Å². The van der Waals surface area contributed by atoms with Crippen LogP contribution in [-0.4, -0.2) is 63.0 Å². The smallest absolute Gasteiger partial charge is 0.274 e. The number of nitrogens with one attached hydrogen (secondary N) is 1. The van der Waals surface area contributed by atoms with Gasteiger partial charge in [0, 0.05) is 39.3 Å². The van der Waals surface area contributed by atoms with E-state index in [4.69, 9.17) is 0 Å². The van der Waals surface area contributed by atoms with Crippen LogP contribution in [0.3, 0.4) is 0 Å². The summed E-state index contributed by atoms with van der Waals surface area (Å²) in [4.78, 5) is 31.4. The van der Waals surface area contributed by atoms with Crippen molar-refractivity contribution in [2.24, 2.45) is 0 Å². The van der Waals surface area contributed by atoms with Gasteiger partial charge in [0.25, 0.3) is 5.91 Å². The molecule has 25 heavy (non-hydrogen) atoms. The topological polar surface area (TPSA) is 91.3 Å². The Balaban J connectivity index is 1.55. The van der Waals surface area contributed by atoms with E-state index in [0.29, 0.717) is 44.2 Å². The van der Waals surface area contributed by atoms with Gasteiger partial charge in [-0.05, 0) is 24.3 Å². The number of amides is 2. The summed E-state index contributed by atoms with van der Waals surface area (Å²) in [5, 5.41) is 11.2. The average molecular weight is 340 g/mol. The maximum Gasteiger partial charge on any atom is 0.274 e. The number of carbonyl (C=O) groups excluding carboxylic acids is 2. The number of pyridine rings is 1. The summed E-state index contributed by atoms with van der Waals surface area (Å²) in [7, 11) is 0. The van der Waals surface area contributed by atoms with Crippen LogP contribution in [0.4, 0.5) is 5.82 Å². The molecule has 0 aliphatic carbocycles.